The summed E-state index contributed by atoms with van der Waals surface area (Å²) >= 11 is 0. The third-order valence-electron chi connectivity index (χ3n) is 3.28. The van der Waals surface area contributed by atoms with Crippen LogP contribution in [0.15, 0.2) is 47.1 Å². The quantitative estimate of drug-likeness (QED) is 0.777. The summed E-state index contributed by atoms with van der Waals surface area (Å²) in [5, 5.41) is 3.85. The predicted molar refractivity (Wildman–Crippen MR) is 75.7 cm³/mol. The highest BCUT2D eigenvalue weighted by molar-refractivity contribution is 5.86. The average Bonchev–Trinajstić information content (AvgIpc) is 3.13. The highest BCUT2D eigenvalue weighted by Gasteiger charge is 2.21. The number of hydrogen-bond acceptors (Lipinski definition) is 6. The van der Waals surface area contributed by atoms with Gasteiger partial charge < -0.3 is 19.7 Å². The Kier molecular flexibility index (Phi) is 2.53. The van der Waals surface area contributed by atoms with E-state index in [1.165, 1.54) is 0 Å². The van der Waals surface area contributed by atoms with Crippen molar-refractivity contribution in [3.05, 3.63) is 42.6 Å². The Morgan fingerprint density at radius 1 is 1.05 bits per heavy atom. The fourth-order valence-electron chi connectivity index (χ4n) is 2.31. The summed E-state index contributed by atoms with van der Waals surface area (Å²) in [4.78, 5) is 4.28. The van der Waals surface area contributed by atoms with Crippen LogP contribution in [0.3, 0.4) is 0 Å². The average molecular weight is 281 g/mol. The van der Waals surface area contributed by atoms with Crippen LogP contribution in [0.2, 0.25) is 0 Å². The van der Waals surface area contributed by atoms with E-state index in [2.05, 4.69) is 10.1 Å². The summed E-state index contributed by atoms with van der Waals surface area (Å²) in [6.07, 6.45) is 1.69. The second kappa shape index (κ2) is 4.52. The van der Waals surface area contributed by atoms with Gasteiger partial charge in [0, 0.05) is 6.20 Å². The third kappa shape index (κ3) is 1.88. The minimum atomic E-state index is 0.227. The number of benzene rings is 1. The zero-order chi connectivity index (χ0) is 14.2. The molecule has 0 bridgehead atoms. The minimum absolute atomic E-state index is 0.227. The van der Waals surface area contributed by atoms with E-state index in [-0.39, 0.29) is 6.79 Å². The first-order chi connectivity index (χ1) is 10.3. The van der Waals surface area contributed by atoms with Crippen molar-refractivity contribution in [2.45, 2.75) is 0 Å². The van der Waals surface area contributed by atoms with E-state index < -0.39 is 0 Å². The van der Waals surface area contributed by atoms with Gasteiger partial charge in [0.2, 0.25) is 6.79 Å². The molecular formula is C15H11N3O3. The molecule has 3 heterocycles. The Hall–Kier alpha value is -3.02. The molecule has 0 aliphatic carbocycles. The molecular weight excluding hydrogens is 270 g/mol. The minimum Gasteiger partial charge on any atom is -0.454 e. The molecule has 2 aromatic heterocycles. The van der Waals surface area contributed by atoms with E-state index in [0.29, 0.717) is 34.3 Å². The molecule has 4 rings (SSSR count). The first kappa shape index (κ1) is 11.8. The number of aromatic nitrogens is 2. The summed E-state index contributed by atoms with van der Waals surface area (Å²) in [7, 11) is 0. The van der Waals surface area contributed by atoms with Gasteiger partial charge in [-0.2, -0.15) is 0 Å². The van der Waals surface area contributed by atoms with Gasteiger partial charge in [-0.05, 0) is 29.8 Å². The molecule has 0 fully saturated rings. The Labute approximate surface area is 120 Å². The second-order valence-corrected chi connectivity index (χ2v) is 4.55. The second-order valence-electron chi connectivity index (χ2n) is 4.55. The number of nitrogens with two attached hydrogens (primary N) is 1. The number of anilines is 1. The smallest absolute Gasteiger partial charge is 0.231 e. The summed E-state index contributed by atoms with van der Waals surface area (Å²) < 4.78 is 16.0. The van der Waals surface area contributed by atoms with Gasteiger partial charge >= 0.3 is 0 Å². The van der Waals surface area contributed by atoms with Crippen LogP contribution in [0.1, 0.15) is 0 Å². The van der Waals surface area contributed by atoms with Crippen LogP contribution in [0.25, 0.3) is 22.6 Å². The molecule has 0 saturated carbocycles. The Bertz CT molecular complexity index is 799. The van der Waals surface area contributed by atoms with Crippen molar-refractivity contribution in [1.29, 1.82) is 0 Å². The zero-order valence-electron chi connectivity index (χ0n) is 10.9. The van der Waals surface area contributed by atoms with Gasteiger partial charge in [0.05, 0.1) is 5.56 Å². The SMILES string of the molecule is Nc1noc(-c2ccccn2)c1-c1ccc2c(c1)OCO2. The van der Waals surface area contributed by atoms with Gasteiger partial charge in [-0.1, -0.05) is 17.3 Å². The number of rotatable bonds is 2. The molecule has 3 aromatic rings. The molecule has 6 nitrogen and oxygen atoms in total. The van der Waals surface area contributed by atoms with Gasteiger partial charge in [-0.3, -0.25) is 4.98 Å². The van der Waals surface area contributed by atoms with Crippen LogP contribution in [-0.4, -0.2) is 16.9 Å². The largest absolute Gasteiger partial charge is 0.454 e. The molecule has 0 amide bonds. The van der Waals surface area contributed by atoms with Gasteiger partial charge in [-0.15, -0.1) is 0 Å². The van der Waals surface area contributed by atoms with E-state index in [0.717, 1.165) is 5.56 Å². The van der Waals surface area contributed by atoms with Crippen LogP contribution in [-0.2, 0) is 0 Å². The molecule has 104 valence electrons. The van der Waals surface area contributed by atoms with E-state index in [9.17, 15) is 0 Å². The molecule has 0 spiro atoms. The number of fused-ring (bicyclic) bond motifs is 1. The lowest BCUT2D eigenvalue weighted by molar-refractivity contribution is 0.174. The van der Waals surface area contributed by atoms with Crippen molar-refractivity contribution in [3.63, 3.8) is 0 Å². The number of hydrogen-bond donors (Lipinski definition) is 1. The van der Waals surface area contributed by atoms with Crippen molar-refractivity contribution in [2.24, 2.45) is 0 Å². The van der Waals surface area contributed by atoms with Gasteiger partial charge in [-0.25, -0.2) is 0 Å². The van der Waals surface area contributed by atoms with E-state index >= 15 is 0 Å². The highest BCUT2D eigenvalue weighted by atomic mass is 16.7. The lowest BCUT2D eigenvalue weighted by Crippen LogP contribution is -1.93. The molecule has 0 unspecified atom stereocenters. The summed E-state index contributed by atoms with van der Waals surface area (Å²) in [5.41, 5.74) is 8.17. The molecule has 1 aliphatic rings. The summed E-state index contributed by atoms with van der Waals surface area (Å²) in [6, 6.07) is 11.1. The van der Waals surface area contributed by atoms with Crippen LogP contribution in [0.5, 0.6) is 11.5 Å². The van der Waals surface area contributed by atoms with Gasteiger partial charge in [0.15, 0.2) is 23.1 Å². The molecule has 1 aromatic carbocycles. The van der Waals surface area contributed by atoms with Crippen molar-refractivity contribution >= 4 is 5.82 Å². The van der Waals surface area contributed by atoms with E-state index in [1.54, 1.807) is 6.20 Å². The molecule has 0 radical (unpaired) electrons. The van der Waals surface area contributed by atoms with Crippen LogP contribution in [0, 0.1) is 0 Å². The topological polar surface area (TPSA) is 83.4 Å². The molecule has 2 N–H and O–H groups in total. The van der Waals surface area contributed by atoms with Crippen molar-refractivity contribution in [3.8, 4) is 34.1 Å². The maximum Gasteiger partial charge on any atom is 0.231 e. The number of ether oxygens (including phenoxy) is 2. The highest BCUT2D eigenvalue weighted by Crippen LogP contribution is 2.41. The summed E-state index contributed by atoms with van der Waals surface area (Å²) in [5.74, 6) is 2.25. The van der Waals surface area contributed by atoms with Crippen LogP contribution < -0.4 is 15.2 Å². The Morgan fingerprint density at radius 3 is 2.81 bits per heavy atom. The van der Waals surface area contributed by atoms with Crippen LogP contribution in [0.4, 0.5) is 5.82 Å². The molecule has 6 heteroatoms. The van der Waals surface area contributed by atoms with Crippen molar-refractivity contribution in [1.82, 2.24) is 10.1 Å². The predicted octanol–water partition coefficient (Wildman–Crippen LogP) is 2.71. The number of pyridine rings is 1. The van der Waals surface area contributed by atoms with Gasteiger partial charge in [0.25, 0.3) is 0 Å². The third-order valence-corrected chi connectivity index (χ3v) is 3.28. The lowest BCUT2D eigenvalue weighted by atomic mass is 10.0. The first-order valence-electron chi connectivity index (χ1n) is 6.39. The maximum absolute atomic E-state index is 5.95. The molecule has 0 atom stereocenters. The number of nitrogens with zero attached hydrogens (tertiary/aromatic N) is 2. The summed E-state index contributed by atoms with van der Waals surface area (Å²) in [6.45, 7) is 0.227. The first-order valence-corrected chi connectivity index (χ1v) is 6.39. The normalized spacial score (nSPS) is 12.6. The standard InChI is InChI=1S/C15H11N3O3/c16-15-13(9-4-5-11-12(7-9)20-8-19-11)14(21-18-15)10-3-1-2-6-17-10/h1-7H,8H2,(H2,16,18). The number of nitrogen functional groups attached to an aromatic ring is 1. The Balaban J connectivity index is 1.87. The van der Waals surface area contributed by atoms with E-state index in [1.807, 2.05) is 36.4 Å². The monoisotopic (exact) mass is 281 g/mol. The van der Waals surface area contributed by atoms with Crippen molar-refractivity contribution < 1.29 is 14.0 Å². The molecule has 21 heavy (non-hydrogen) atoms. The fraction of sp³-hybridized carbons (Fsp3) is 0.0667. The molecule has 1 aliphatic heterocycles. The molecule has 0 saturated heterocycles. The van der Waals surface area contributed by atoms with Crippen molar-refractivity contribution in [2.75, 3.05) is 12.5 Å². The fourth-order valence-corrected chi connectivity index (χ4v) is 2.31. The van der Waals surface area contributed by atoms with Gasteiger partial charge in [0.1, 0.15) is 5.69 Å². The maximum atomic E-state index is 5.95. The zero-order valence-corrected chi connectivity index (χ0v) is 10.9. The Morgan fingerprint density at radius 2 is 1.95 bits per heavy atom. The van der Waals surface area contributed by atoms with E-state index in [4.69, 9.17) is 19.7 Å². The lowest BCUT2D eigenvalue weighted by Gasteiger charge is -2.03. The van der Waals surface area contributed by atoms with Crippen LogP contribution >= 0.6 is 0 Å².